The van der Waals surface area contributed by atoms with E-state index in [1.165, 1.54) is 29.4 Å². The molecule has 0 unspecified atom stereocenters. The normalized spacial score (nSPS) is 10.3. The lowest BCUT2D eigenvalue weighted by atomic mass is 10.3. The van der Waals surface area contributed by atoms with Gasteiger partial charge < -0.3 is 9.63 Å². The predicted octanol–water partition coefficient (Wildman–Crippen LogP) is 0.618. The summed E-state index contributed by atoms with van der Waals surface area (Å²) in [5.74, 6) is -1.00. The van der Waals surface area contributed by atoms with E-state index in [0.29, 0.717) is 6.54 Å². The Hall–Kier alpha value is -2.11. The van der Waals surface area contributed by atoms with Gasteiger partial charge in [0.1, 0.15) is 12.0 Å². The average Bonchev–Trinajstić information content (AvgIpc) is 2.75. The van der Waals surface area contributed by atoms with E-state index in [-0.39, 0.29) is 5.69 Å². The molecule has 1 N–H and O–H groups in total. The van der Waals surface area contributed by atoms with Crippen molar-refractivity contribution in [3.8, 4) is 0 Å². The standard InChI is InChI=1S/C8H7N3O3/c12-8(13)7-1-2-9-11(7)4-6-3-10-14-5-6/h1-3,5H,4H2,(H,12,13). The fourth-order valence-electron chi connectivity index (χ4n) is 1.12. The highest BCUT2D eigenvalue weighted by atomic mass is 16.5. The van der Waals surface area contributed by atoms with Crippen LogP contribution in [0.1, 0.15) is 16.1 Å². The van der Waals surface area contributed by atoms with Crippen molar-refractivity contribution in [3.05, 3.63) is 36.0 Å². The number of hydrogen-bond acceptors (Lipinski definition) is 4. The van der Waals surface area contributed by atoms with Gasteiger partial charge in [-0.05, 0) is 6.07 Å². The first-order valence-corrected chi connectivity index (χ1v) is 3.91. The fourth-order valence-corrected chi connectivity index (χ4v) is 1.12. The molecule has 0 aromatic carbocycles. The molecule has 72 valence electrons. The van der Waals surface area contributed by atoms with Crippen LogP contribution in [0.15, 0.2) is 29.2 Å². The number of aromatic nitrogens is 3. The summed E-state index contributed by atoms with van der Waals surface area (Å²) in [6.07, 6.45) is 4.41. The van der Waals surface area contributed by atoms with Gasteiger partial charge >= 0.3 is 5.97 Å². The molecule has 0 atom stereocenters. The minimum Gasteiger partial charge on any atom is -0.477 e. The largest absolute Gasteiger partial charge is 0.477 e. The van der Waals surface area contributed by atoms with Crippen molar-refractivity contribution < 1.29 is 14.4 Å². The molecule has 2 aromatic heterocycles. The molecule has 0 aliphatic rings. The molecule has 0 aliphatic heterocycles. The lowest BCUT2D eigenvalue weighted by Crippen LogP contribution is -2.10. The zero-order chi connectivity index (χ0) is 9.97. The van der Waals surface area contributed by atoms with Crippen LogP contribution in [0.3, 0.4) is 0 Å². The Morgan fingerprint density at radius 2 is 2.50 bits per heavy atom. The maximum atomic E-state index is 10.7. The zero-order valence-electron chi connectivity index (χ0n) is 7.12. The minimum absolute atomic E-state index is 0.145. The summed E-state index contributed by atoms with van der Waals surface area (Å²) >= 11 is 0. The van der Waals surface area contributed by atoms with Gasteiger partial charge in [0.15, 0.2) is 0 Å². The molecule has 0 aliphatic carbocycles. The van der Waals surface area contributed by atoms with Crippen LogP contribution in [0.5, 0.6) is 0 Å². The van der Waals surface area contributed by atoms with Crippen molar-refractivity contribution in [1.82, 2.24) is 14.9 Å². The van der Waals surface area contributed by atoms with E-state index in [9.17, 15) is 4.79 Å². The van der Waals surface area contributed by atoms with E-state index in [1.54, 1.807) is 0 Å². The van der Waals surface area contributed by atoms with Crippen LogP contribution < -0.4 is 0 Å². The Morgan fingerprint density at radius 1 is 1.64 bits per heavy atom. The third kappa shape index (κ3) is 1.49. The molecular weight excluding hydrogens is 186 g/mol. The van der Waals surface area contributed by atoms with Crippen molar-refractivity contribution in [3.63, 3.8) is 0 Å². The maximum absolute atomic E-state index is 10.7. The van der Waals surface area contributed by atoms with E-state index in [0.717, 1.165) is 5.56 Å². The van der Waals surface area contributed by atoms with Crippen LogP contribution in [0, 0.1) is 0 Å². The first-order valence-electron chi connectivity index (χ1n) is 3.91. The van der Waals surface area contributed by atoms with E-state index >= 15 is 0 Å². The highest BCUT2D eigenvalue weighted by molar-refractivity contribution is 5.85. The van der Waals surface area contributed by atoms with Crippen LogP contribution in [0.25, 0.3) is 0 Å². The summed E-state index contributed by atoms with van der Waals surface area (Å²) in [6, 6.07) is 1.44. The van der Waals surface area contributed by atoms with E-state index < -0.39 is 5.97 Å². The summed E-state index contributed by atoms with van der Waals surface area (Å²) in [7, 11) is 0. The molecule has 6 nitrogen and oxygen atoms in total. The van der Waals surface area contributed by atoms with Crippen LogP contribution in [-0.2, 0) is 6.54 Å². The summed E-state index contributed by atoms with van der Waals surface area (Å²) in [6.45, 7) is 0.345. The predicted molar refractivity (Wildman–Crippen MR) is 44.8 cm³/mol. The van der Waals surface area contributed by atoms with Gasteiger partial charge in [0, 0.05) is 11.8 Å². The third-order valence-electron chi connectivity index (χ3n) is 1.75. The summed E-state index contributed by atoms with van der Waals surface area (Å²) < 4.78 is 5.99. The van der Waals surface area contributed by atoms with Gasteiger partial charge in [-0.25, -0.2) is 4.79 Å². The van der Waals surface area contributed by atoms with Crippen molar-refractivity contribution in [2.75, 3.05) is 0 Å². The van der Waals surface area contributed by atoms with Gasteiger partial charge in [-0.15, -0.1) is 0 Å². The third-order valence-corrected chi connectivity index (χ3v) is 1.75. The van der Waals surface area contributed by atoms with E-state index in [1.807, 2.05) is 0 Å². The Kier molecular flexibility index (Phi) is 2.02. The van der Waals surface area contributed by atoms with Crippen molar-refractivity contribution in [2.24, 2.45) is 0 Å². The molecule has 0 radical (unpaired) electrons. The molecule has 6 heteroatoms. The second kappa shape index (κ2) is 3.33. The number of nitrogens with zero attached hydrogens (tertiary/aromatic N) is 3. The second-order valence-corrected chi connectivity index (χ2v) is 2.71. The van der Waals surface area contributed by atoms with E-state index in [2.05, 4.69) is 14.8 Å². The number of carbonyl (C=O) groups is 1. The number of aromatic carboxylic acids is 1. The fraction of sp³-hybridized carbons (Fsp3) is 0.125. The van der Waals surface area contributed by atoms with Gasteiger partial charge in [0.05, 0.1) is 12.7 Å². The van der Waals surface area contributed by atoms with Crippen LogP contribution in [-0.4, -0.2) is 26.0 Å². The summed E-state index contributed by atoms with van der Waals surface area (Å²) in [5.41, 5.74) is 0.919. The lowest BCUT2D eigenvalue weighted by molar-refractivity contribution is 0.0684. The van der Waals surface area contributed by atoms with Crippen LogP contribution >= 0.6 is 0 Å². The van der Waals surface area contributed by atoms with Gasteiger partial charge in [-0.3, -0.25) is 4.68 Å². The highest BCUT2D eigenvalue weighted by Gasteiger charge is 2.10. The first kappa shape index (κ1) is 8.49. The second-order valence-electron chi connectivity index (χ2n) is 2.71. The molecule has 2 rings (SSSR count). The minimum atomic E-state index is -1.00. The smallest absolute Gasteiger partial charge is 0.354 e. The van der Waals surface area contributed by atoms with E-state index in [4.69, 9.17) is 5.11 Å². The monoisotopic (exact) mass is 193 g/mol. The van der Waals surface area contributed by atoms with Crippen LogP contribution in [0.2, 0.25) is 0 Å². The van der Waals surface area contributed by atoms with Gasteiger partial charge in [0.25, 0.3) is 0 Å². The van der Waals surface area contributed by atoms with Crippen molar-refractivity contribution in [1.29, 1.82) is 0 Å². The zero-order valence-corrected chi connectivity index (χ0v) is 7.12. The van der Waals surface area contributed by atoms with Crippen molar-refractivity contribution >= 4 is 5.97 Å². The van der Waals surface area contributed by atoms with Crippen LogP contribution in [0.4, 0.5) is 0 Å². The molecule has 0 saturated heterocycles. The first-order chi connectivity index (χ1) is 6.77. The highest BCUT2D eigenvalue weighted by Crippen LogP contribution is 2.04. The Morgan fingerprint density at radius 3 is 3.14 bits per heavy atom. The Labute approximate surface area is 78.7 Å². The SMILES string of the molecule is O=C(O)c1ccnn1Cc1cnoc1. The Balaban J connectivity index is 2.25. The van der Waals surface area contributed by atoms with Gasteiger partial charge in [0.2, 0.25) is 0 Å². The Bertz CT molecular complexity index is 432. The maximum Gasteiger partial charge on any atom is 0.354 e. The molecule has 14 heavy (non-hydrogen) atoms. The molecule has 0 bridgehead atoms. The summed E-state index contributed by atoms with van der Waals surface area (Å²) in [5, 5.41) is 16.2. The molecule has 0 spiro atoms. The molecule has 2 heterocycles. The number of rotatable bonds is 3. The average molecular weight is 193 g/mol. The topological polar surface area (TPSA) is 81.1 Å². The lowest BCUT2D eigenvalue weighted by Gasteiger charge is -2.00. The molecule has 2 aromatic rings. The number of hydrogen-bond donors (Lipinski definition) is 1. The van der Waals surface area contributed by atoms with Gasteiger partial charge in [-0.1, -0.05) is 5.16 Å². The number of carboxylic acids is 1. The van der Waals surface area contributed by atoms with Crippen molar-refractivity contribution in [2.45, 2.75) is 6.54 Å². The molecule has 0 saturated carbocycles. The number of carboxylic acid groups (broad SMARTS) is 1. The molecular formula is C8H7N3O3. The van der Waals surface area contributed by atoms with Gasteiger partial charge in [-0.2, -0.15) is 5.10 Å². The summed E-state index contributed by atoms with van der Waals surface area (Å²) in [4.78, 5) is 10.7. The quantitative estimate of drug-likeness (QED) is 0.772. The molecule has 0 amide bonds. The molecule has 0 fully saturated rings.